The fourth-order valence-electron chi connectivity index (χ4n) is 1.69. The van der Waals surface area contributed by atoms with Crippen molar-refractivity contribution in [3.63, 3.8) is 0 Å². The molecule has 2 heterocycles. The maximum atomic E-state index is 4.02. The van der Waals surface area contributed by atoms with Crippen LogP contribution in [-0.4, -0.2) is 18.1 Å². The largest absolute Gasteiger partial charge is 0.312 e. The third-order valence-corrected chi connectivity index (χ3v) is 2.52. The van der Waals surface area contributed by atoms with Crippen LogP contribution in [0.1, 0.15) is 18.9 Å². The Kier molecular flexibility index (Phi) is 2.41. The Labute approximate surface area is 78.7 Å². The number of nitrogens with one attached hydrogen (secondary N) is 1. The molecule has 0 saturated carbocycles. The Morgan fingerprint density at radius 2 is 2.08 bits per heavy atom. The summed E-state index contributed by atoms with van der Waals surface area (Å²) in [6.07, 6.45) is 4.87. The quantitative estimate of drug-likeness (QED) is 0.702. The SMILES string of the molecule is CC1=C(c2ccncc2)CNCC1. The zero-order valence-corrected chi connectivity index (χ0v) is 7.88. The number of hydrogen-bond acceptors (Lipinski definition) is 2. The summed E-state index contributed by atoms with van der Waals surface area (Å²) in [5.41, 5.74) is 4.25. The molecule has 1 N–H and O–H groups in total. The molecule has 0 radical (unpaired) electrons. The van der Waals surface area contributed by atoms with Gasteiger partial charge in [0.15, 0.2) is 0 Å². The predicted octanol–water partition coefficient (Wildman–Crippen LogP) is 1.85. The van der Waals surface area contributed by atoms with Gasteiger partial charge in [0.25, 0.3) is 0 Å². The second-order valence-corrected chi connectivity index (χ2v) is 3.42. The smallest absolute Gasteiger partial charge is 0.0273 e. The molecule has 0 bridgehead atoms. The fourth-order valence-corrected chi connectivity index (χ4v) is 1.69. The monoisotopic (exact) mass is 174 g/mol. The Balaban J connectivity index is 2.35. The molecule has 0 aromatic carbocycles. The van der Waals surface area contributed by atoms with E-state index < -0.39 is 0 Å². The molecule has 0 spiro atoms. The lowest BCUT2D eigenvalue weighted by molar-refractivity contribution is 0.715. The Morgan fingerprint density at radius 3 is 2.77 bits per heavy atom. The Morgan fingerprint density at radius 1 is 1.31 bits per heavy atom. The first kappa shape index (κ1) is 8.45. The van der Waals surface area contributed by atoms with E-state index in [4.69, 9.17) is 0 Å². The van der Waals surface area contributed by atoms with E-state index >= 15 is 0 Å². The molecule has 0 amide bonds. The van der Waals surface area contributed by atoms with Crippen LogP contribution in [0.4, 0.5) is 0 Å². The first-order chi connectivity index (χ1) is 6.38. The highest BCUT2D eigenvalue weighted by atomic mass is 14.9. The molecule has 1 aromatic rings. The molecule has 0 aliphatic carbocycles. The van der Waals surface area contributed by atoms with Crippen LogP contribution in [-0.2, 0) is 0 Å². The van der Waals surface area contributed by atoms with Gasteiger partial charge in [0.05, 0.1) is 0 Å². The Bertz CT molecular complexity index is 314. The van der Waals surface area contributed by atoms with Crippen LogP contribution in [0.5, 0.6) is 0 Å². The predicted molar refractivity (Wildman–Crippen MR) is 54.3 cm³/mol. The van der Waals surface area contributed by atoms with Crippen molar-refractivity contribution >= 4 is 5.57 Å². The van der Waals surface area contributed by atoms with E-state index in [0.29, 0.717) is 0 Å². The molecule has 0 fully saturated rings. The molecule has 2 rings (SSSR count). The fraction of sp³-hybridized carbons (Fsp3) is 0.364. The standard InChI is InChI=1S/C11H14N2/c1-9-2-5-13-8-11(9)10-3-6-12-7-4-10/h3-4,6-7,13H,2,5,8H2,1H3. The van der Waals surface area contributed by atoms with Gasteiger partial charge in [0, 0.05) is 18.9 Å². The van der Waals surface area contributed by atoms with Crippen LogP contribution in [0.2, 0.25) is 0 Å². The van der Waals surface area contributed by atoms with Crippen LogP contribution in [0.15, 0.2) is 30.1 Å². The maximum Gasteiger partial charge on any atom is 0.0273 e. The summed E-state index contributed by atoms with van der Waals surface area (Å²) in [5.74, 6) is 0. The minimum atomic E-state index is 0.996. The van der Waals surface area contributed by atoms with E-state index in [1.807, 2.05) is 12.4 Å². The maximum absolute atomic E-state index is 4.02. The van der Waals surface area contributed by atoms with Crippen LogP contribution in [0.25, 0.3) is 5.57 Å². The van der Waals surface area contributed by atoms with Gasteiger partial charge < -0.3 is 5.32 Å². The van der Waals surface area contributed by atoms with Gasteiger partial charge in [-0.3, -0.25) is 4.98 Å². The summed E-state index contributed by atoms with van der Waals surface area (Å²) < 4.78 is 0. The normalized spacial score (nSPS) is 17.6. The van der Waals surface area contributed by atoms with E-state index in [1.165, 1.54) is 16.7 Å². The van der Waals surface area contributed by atoms with E-state index in [9.17, 15) is 0 Å². The summed E-state index contributed by atoms with van der Waals surface area (Å²) >= 11 is 0. The number of rotatable bonds is 1. The van der Waals surface area contributed by atoms with Crippen molar-refractivity contribution in [2.45, 2.75) is 13.3 Å². The zero-order valence-electron chi connectivity index (χ0n) is 7.88. The highest BCUT2D eigenvalue weighted by Crippen LogP contribution is 2.21. The number of nitrogens with zero attached hydrogens (tertiary/aromatic N) is 1. The number of hydrogen-bond donors (Lipinski definition) is 1. The summed E-state index contributed by atoms with van der Waals surface area (Å²) in [5, 5.41) is 3.39. The molecule has 1 aromatic heterocycles. The minimum Gasteiger partial charge on any atom is -0.312 e. The summed E-state index contributed by atoms with van der Waals surface area (Å²) in [7, 11) is 0. The van der Waals surface area contributed by atoms with E-state index in [-0.39, 0.29) is 0 Å². The summed E-state index contributed by atoms with van der Waals surface area (Å²) in [6.45, 7) is 4.33. The average molecular weight is 174 g/mol. The van der Waals surface area contributed by atoms with Crippen molar-refractivity contribution in [2.75, 3.05) is 13.1 Å². The summed E-state index contributed by atoms with van der Waals surface area (Å²) in [4.78, 5) is 4.02. The molecule has 1 aliphatic heterocycles. The van der Waals surface area contributed by atoms with Crippen LogP contribution in [0.3, 0.4) is 0 Å². The molecule has 68 valence electrons. The molecule has 13 heavy (non-hydrogen) atoms. The van der Waals surface area contributed by atoms with Gasteiger partial charge >= 0.3 is 0 Å². The van der Waals surface area contributed by atoms with Gasteiger partial charge in [-0.1, -0.05) is 5.57 Å². The molecule has 2 heteroatoms. The van der Waals surface area contributed by atoms with Crippen molar-refractivity contribution in [3.8, 4) is 0 Å². The second-order valence-electron chi connectivity index (χ2n) is 3.42. The third kappa shape index (κ3) is 1.78. The molecule has 0 atom stereocenters. The van der Waals surface area contributed by atoms with Crippen molar-refractivity contribution in [1.82, 2.24) is 10.3 Å². The topological polar surface area (TPSA) is 24.9 Å². The summed E-state index contributed by atoms with van der Waals surface area (Å²) in [6, 6.07) is 4.15. The molecule has 0 unspecified atom stereocenters. The number of pyridine rings is 1. The molecule has 2 nitrogen and oxygen atoms in total. The Hall–Kier alpha value is -1.15. The lowest BCUT2D eigenvalue weighted by Gasteiger charge is -2.18. The first-order valence-corrected chi connectivity index (χ1v) is 4.67. The molecular weight excluding hydrogens is 160 g/mol. The lowest BCUT2D eigenvalue weighted by atomic mass is 9.97. The van der Waals surface area contributed by atoms with E-state index in [2.05, 4.69) is 29.4 Å². The van der Waals surface area contributed by atoms with E-state index in [1.54, 1.807) is 0 Å². The van der Waals surface area contributed by atoms with Crippen LogP contribution < -0.4 is 5.32 Å². The van der Waals surface area contributed by atoms with Gasteiger partial charge in [0.2, 0.25) is 0 Å². The van der Waals surface area contributed by atoms with Gasteiger partial charge in [-0.15, -0.1) is 0 Å². The number of aromatic nitrogens is 1. The van der Waals surface area contributed by atoms with Crippen molar-refractivity contribution < 1.29 is 0 Å². The zero-order chi connectivity index (χ0) is 9.10. The lowest BCUT2D eigenvalue weighted by Crippen LogP contribution is -2.23. The molecule has 1 aliphatic rings. The van der Waals surface area contributed by atoms with Gasteiger partial charge in [-0.05, 0) is 43.2 Å². The van der Waals surface area contributed by atoms with Crippen LogP contribution >= 0.6 is 0 Å². The molecular formula is C11H14N2. The van der Waals surface area contributed by atoms with Crippen molar-refractivity contribution in [3.05, 3.63) is 35.7 Å². The van der Waals surface area contributed by atoms with E-state index in [0.717, 1.165) is 19.5 Å². The molecule has 0 saturated heterocycles. The average Bonchev–Trinajstić information content (AvgIpc) is 2.20. The highest BCUT2D eigenvalue weighted by molar-refractivity contribution is 5.70. The highest BCUT2D eigenvalue weighted by Gasteiger charge is 2.09. The van der Waals surface area contributed by atoms with Gasteiger partial charge in [0.1, 0.15) is 0 Å². The minimum absolute atomic E-state index is 0.996. The third-order valence-electron chi connectivity index (χ3n) is 2.52. The van der Waals surface area contributed by atoms with Gasteiger partial charge in [-0.2, -0.15) is 0 Å². The first-order valence-electron chi connectivity index (χ1n) is 4.67. The van der Waals surface area contributed by atoms with Gasteiger partial charge in [-0.25, -0.2) is 0 Å². The van der Waals surface area contributed by atoms with Crippen LogP contribution in [0, 0.1) is 0 Å². The second kappa shape index (κ2) is 3.71. The van der Waals surface area contributed by atoms with Crippen molar-refractivity contribution in [1.29, 1.82) is 0 Å². The van der Waals surface area contributed by atoms with Crippen molar-refractivity contribution in [2.24, 2.45) is 0 Å².